The summed E-state index contributed by atoms with van der Waals surface area (Å²) in [7, 11) is 4.89. The van der Waals surface area contributed by atoms with E-state index in [2.05, 4.69) is 46.9 Å². The molecule has 0 bridgehead atoms. The minimum Gasteiger partial charge on any atom is -0.481 e. The number of carbonyl (C=O) groups is 12. The van der Waals surface area contributed by atoms with E-state index in [9.17, 15) is 67.7 Å². The lowest BCUT2D eigenvalue weighted by molar-refractivity contribution is -0.176. The van der Waals surface area contributed by atoms with Crippen molar-refractivity contribution in [1.29, 1.82) is 0 Å². The van der Waals surface area contributed by atoms with Crippen molar-refractivity contribution in [3.05, 3.63) is 121 Å². The Morgan fingerprint density at radius 2 is 0.800 bits per heavy atom. The Morgan fingerprint density at radius 3 is 1.14 bits per heavy atom. The van der Waals surface area contributed by atoms with Crippen LogP contribution in [0.3, 0.4) is 0 Å². The number of hydrazine groups is 3. The molecule has 0 saturated carbocycles. The number of aliphatic carboxylic acids is 1. The van der Waals surface area contributed by atoms with Crippen LogP contribution < -0.4 is 31.9 Å². The summed E-state index contributed by atoms with van der Waals surface area (Å²) in [5.74, 6) is -6.36. The number of hydrogen-bond donors (Lipinski definition) is 8. The summed E-state index contributed by atoms with van der Waals surface area (Å²) >= 11 is 37.3. The lowest BCUT2D eigenvalue weighted by atomic mass is 10.0. The molecule has 12 rings (SSSR count). The molecule has 10 atom stereocenters. The molecule has 0 aliphatic carbocycles. The zero-order valence-corrected chi connectivity index (χ0v) is 64.8. The van der Waals surface area contributed by atoms with E-state index >= 15 is 0 Å². The monoisotopic (exact) mass is 1640 g/mol. The second kappa shape index (κ2) is 37.3. The third-order valence-corrected chi connectivity index (χ3v) is 21.5. The molecule has 588 valence electrons. The van der Waals surface area contributed by atoms with Crippen molar-refractivity contribution in [2.24, 2.45) is 0 Å². The summed E-state index contributed by atoms with van der Waals surface area (Å²) in [6, 6.07) is 6.84. The van der Waals surface area contributed by atoms with Gasteiger partial charge in [0.2, 0.25) is 52.9 Å². The number of rotatable bonds is 22. The van der Waals surface area contributed by atoms with Crippen molar-refractivity contribution < 1.29 is 81.0 Å². The Bertz CT molecular complexity index is 4420. The average molecular weight is 1640 g/mol. The van der Waals surface area contributed by atoms with Crippen molar-refractivity contribution in [3.63, 3.8) is 0 Å². The van der Waals surface area contributed by atoms with E-state index in [1.807, 2.05) is 0 Å². The number of Topliss-reactive ketones (excluding diaryl/α,β-unsaturated/α-hetero) is 2. The second-order valence-corrected chi connectivity index (χ2v) is 28.9. The molecule has 38 heteroatoms. The van der Waals surface area contributed by atoms with Crippen LogP contribution in [0.4, 0.5) is 0 Å². The van der Waals surface area contributed by atoms with Crippen LogP contribution in [0, 0.1) is 0 Å². The van der Waals surface area contributed by atoms with Crippen molar-refractivity contribution in [1.82, 2.24) is 76.9 Å². The number of ketones is 2. The molecular formula is C72H81Cl6N15O17. The molecule has 3 aromatic heterocycles. The molecular weight excluding hydrogens is 1560 g/mol. The third kappa shape index (κ3) is 18.4. The van der Waals surface area contributed by atoms with Gasteiger partial charge in [0.05, 0.1) is 102 Å². The number of likely N-dealkylation sites (N-methyl/N-ethyl adjacent to an activating group) is 3. The third-order valence-electron chi connectivity index (χ3n) is 19.6. The Balaban J connectivity index is 0.000000176. The van der Waals surface area contributed by atoms with Crippen LogP contribution in [0.25, 0.3) is 34.0 Å². The molecule has 6 aliphatic rings. The largest absolute Gasteiger partial charge is 0.481 e. The molecule has 32 nitrogen and oxygen atoms in total. The molecule has 0 spiro atoms. The summed E-state index contributed by atoms with van der Waals surface area (Å²) in [4.78, 5) is 168. The van der Waals surface area contributed by atoms with Crippen LogP contribution in [0.1, 0.15) is 144 Å². The molecule has 8 N–H and O–H groups in total. The van der Waals surface area contributed by atoms with Crippen molar-refractivity contribution >= 4 is 140 Å². The van der Waals surface area contributed by atoms with Gasteiger partial charge in [-0.2, -0.15) is 0 Å². The maximum Gasteiger partial charge on any atom is 0.305 e. The van der Waals surface area contributed by atoms with Crippen LogP contribution >= 0.6 is 69.6 Å². The van der Waals surface area contributed by atoms with Gasteiger partial charge in [-0.15, -0.1) is 0 Å². The molecule has 1 unspecified atom stereocenters. The van der Waals surface area contributed by atoms with Gasteiger partial charge in [-0.05, 0) is 128 Å². The van der Waals surface area contributed by atoms with Gasteiger partial charge in [0, 0.05) is 38.9 Å². The highest BCUT2D eigenvalue weighted by Gasteiger charge is 2.49. The van der Waals surface area contributed by atoms with E-state index in [4.69, 9.17) is 82.9 Å². The first-order chi connectivity index (χ1) is 52.6. The number of amides is 9. The first kappa shape index (κ1) is 83.4. The predicted molar refractivity (Wildman–Crippen MR) is 399 cm³/mol. The molecule has 9 heterocycles. The topological polar surface area (TPSA) is 415 Å². The maximum absolute atomic E-state index is 13.4. The van der Waals surface area contributed by atoms with Gasteiger partial charge in [0.15, 0.2) is 23.4 Å². The number of benzene rings is 3. The number of oxazole rings is 3. The van der Waals surface area contributed by atoms with Crippen molar-refractivity contribution in [2.45, 2.75) is 171 Å². The molecule has 6 fully saturated rings. The van der Waals surface area contributed by atoms with E-state index in [0.717, 1.165) is 5.01 Å². The molecule has 6 saturated heterocycles. The Kier molecular flexibility index (Phi) is 28.3. The van der Waals surface area contributed by atoms with E-state index in [0.29, 0.717) is 101 Å². The fourth-order valence-electron chi connectivity index (χ4n) is 13.8. The smallest absolute Gasteiger partial charge is 0.305 e. The number of carboxylic acids is 1. The first-order valence-corrected chi connectivity index (χ1v) is 37.9. The van der Waals surface area contributed by atoms with Gasteiger partial charge in [-0.3, -0.25) is 72.6 Å². The summed E-state index contributed by atoms with van der Waals surface area (Å²) in [5.41, 5.74) is 1.16. The highest BCUT2D eigenvalue weighted by atomic mass is 35.5. The maximum atomic E-state index is 13.4. The van der Waals surface area contributed by atoms with E-state index < -0.39 is 114 Å². The van der Waals surface area contributed by atoms with Gasteiger partial charge in [-0.25, -0.2) is 30.0 Å². The molecule has 110 heavy (non-hydrogen) atoms. The lowest BCUT2D eigenvalue weighted by Gasteiger charge is -2.43. The number of fused-ring (bicyclic) bond motifs is 3. The van der Waals surface area contributed by atoms with Gasteiger partial charge < -0.3 is 55.4 Å². The SMILES string of the molecule is CC[C@H](NC(=O)[C@@H]1CCCN2C(=O)CC[C@H](NC)C(=O)N12)C(=O)c1ncc(-c2c(Cl)cccc2Cl)o1.CC[C@H](NC(=O)[C@@H]1CCCN2C(=O)CC[C@H](NC)C(=O)N12)C(O)c1ncc(-c2c(Cl)cccc2Cl)o1.CN[C@H]1CCC(=O)N2CCC[C@@H](C(=O)N[C@@H](CC(=O)O)C(=O)c3ncc(-c4c(Cl)cccc4Cl)o3)N2C1=O. The number of carboxylic acid groups (broad SMARTS) is 1. The number of halogens is 6. The predicted octanol–water partition coefficient (Wildman–Crippen LogP) is 7.44. The highest BCUT2D eigenvalue weighted by molar-refractivity contribution is 6.40. The van der Waals surface area contributed by atoms with Gasteiger partial charge in [0.1, 0.15) is 24.2 Å². The molecule has 9 amide bonds. The fourth-order valence-corrected chi connectivity index (χ4v) is 15.5. The molecule has 0 radical (unpaired) electrons. The number of hydrogen-bond acceptors (Lipinski definition) is 22. The molecule has 6 aromatic rings. The van der Waals surface area contributed by atoms with Gasteiger partial charge >= 0.3 is 5.97 Å². The Morgan fingerprint density at radius 1 is 0.473 bits per heavy atom. The number of carbonyl (C=O) groups excluding carboxylic acids is 11. The number of aromatic nitrogens is 3. The van der Waals surface area contributed by atoms with E-state index in [-0.39, 0.29) is 114 Å². The quantitative estimate of drug-likeness (QED) is 0.0306. The highest BCUT2D eigenvalue weighted by Crippen LogP contribution is 2.39. The summed E-state index contributed by atoms with van der Waals surface area (Å²) in [5, 5.41) is 46.8. The summed E-state index contributed by atoms with van der Waals surface area (Å²) in [6.45, 7) is 4.56. The Hall–Kier alpha value is -9.09. The van der Waals surface area contributed by atoms with Crippen molar-refractivity contribution in [2.75, 3.05) is 40.8 Å². The lowest BCUT2D eigenvalue weighted by Crippen LogP contribution is -2.64. The molecule has 3 aromatic carbocycles. The van der Waals surface area contributed by atoms with Crippen LogP contribution in [-0.2, 0) is 47.9 Å². The summed E-state index contributed by atoms with van der Waals surface area (Å²) < 4.78 is 17.0. The van der Waals surface area contributed by atoms with E-state index in [1.165, 1.54) is 43.6 Å². The van der Waals surface area contributed by atoms with Crippen molar-refractivity contribution in [3.8, 4) is 34.0 Å². The normalized spacial score (nSPS) is 21.2. The van der Waals surface area contributed by atoms with Crippen LogP contribution in [0.15, 0.2) is 86.4 Å². The van der Waals surface area contributed by atoms with Crippen LogP contribution in [0.2, 0.25) is 30.1 Å². The minimum atomic E-state index is -1.55. The van der Waals surface area contributed by atoms with Crippen LogP contribution in [-0.4, -0.2) is 221 Å². The van der Waals surface area contributed by atoms with Gasteiger partial charge in [-0.1, -0.05) is 102 Å². The van der Waals surface area contributed by atoms with Gasteiger partial charge in [0.25, 0.3) is 29.5 Å². The number of nitrogens with zero attached hydrogens (tertiary/aromatic N) is 9. The van der Waals surface area contributed by atoms with E-state index in [1.54, 1.807) is 89.6 Å². The second-order valence-electron chi connectivity index (χ2n) is 26.5. The standard InChI is InChI=1S/C24H25Cl2N5O7.C24H29Cl2N5O5.C24H27Cl2N5O5/c1-27-14-7-8-18(32)30-9-3-6-16(31(30)24(14)37)22(36)29-15(10-19(33)34)21(35)23-28-11-17(38-23)20-12(25)4-2-5-13(20)26;2*1-3-15(21(33)23-28-12-18(36-23)20-13(25)6-4-7-14(20)26)29-22(34)17-8-5-11-30-19(32)10-9-16(27-2)24(35)31(17)30/h2,4-5,11,14-16,27H,3,6-10H2,1H3,(H,29,36)(H,33,34);4,6-7,12,15-17,21,27,33H,3,5,8-11H2,1-2H3,(H,29,34);4,6-7,12,15-17,27H,3,5,8-11H2,1-2H3,(H,29,34)/t14-,15-,16-;15-,16-,17-,21?;15-,16-,17-/m000/s1. The fraction of sp³-hybridized carbons (Fsp3) is 0.458. The number of aliphatic hydroxyl groups excluding tert-OH is 1. The summed E-state index contributed by atoms with van der Waals surface area (Å²) in [6.07, 6.45) is 6.72. The zero-order chi connectivity index (χ0) is 79.5. The average Bonchev–Trinajstić information content (AvgIpc) is 1.45. The first-order valence-electron chi connectivity index (χ1n) is 35.7. The molecule has 6 aliphatic heterocycles. The van der Waals surface area contributed by atoms with Crippen LogP contribution in [0.5, 0.6) is 0 Å². The number of aliphatic hydroxyl groups is 1. The number of nitrogens with one attached hydrogen (secondary N) is 6. The zero-order valence-electron chi connectivity index (χ0n) is 60.2. The Labute approximate surface area is 660 Å². The minimum absolute atomic E-state index is 0.00493.